The number of nitrogens with zero attached hydrogens (tertiary/aromatic N) is 3. The largest absolute Gasteiger partial charge is 0.348 e. The second-order valence-corrected chi connectivity index (χ2v) is 10.1. The maximum absolute atomic E-state index is 13.1. The van der Waals surface area contributed by atoms with Gasteiger partial charge >= 0.3 is 0 Å². The molecular formula is C23H25ClN4O3S. The zero-order chi connectivity index (χ0) is 22.6. The summed E-state index contributed by atoms with van der Waals surface area (Å²) in [6, 6.07) is 12.0. The number of rotatable bonds is 6. The first kappa shape index (κ1) is 22.5. The molecule has 0 unspecified atom stereocenters. The van der Waals surface area contributed by atoms with Crippen LogP contribution in [0.2, 0.25) is 5.02 Å². The van der Waals surface area contributed by atoms with E-state index in [1.165, 1.54) is 22.5 Å². The molecule has 2 aromatic carbocycles. The van der Waals surface area contributed by atoms with E-state index >= 15 is 0 Å². The number of halogens is 1. The summed E-state index contributed by atoms with van der Waals surface area (Å²) in [5.41, 5.74) is 1.93. The molecule has 3 aromatic rings. The van der Waals surface area contributed by atoms with Crippen LogP contribution >= 0.6 is 11.6 Å². The highest BCUT2D eigenvalue weighted by atomic mass is 35.5. The lowest BCUT2D eigenvalue weighted by molar-refractivity contribution is 0.0951. The van der Waals surface area contributed by atoms with Crippen LogP contribution in [0.1, 0.15) is 41.6 Å². The SMILES string of the molecule is O=C(NCc1ccccc1-n1ccnc1)c1cc(S(=O)(=O)N2CCCCCC2)ccc1Cl. The van der Waals surface area contributed by atoms with Gasteiger partial charge in [0.05, 0.1) is 27.5 Å². The fourth-order valence-corrected chi connectivity index (χ4v) is 5.60. The Morgan fingerprint density at radius 1 is 1.06 bits per heavy atom. The number of amides is 1. The third kappa shape index (κ3) is 4.87. The molecule has 32 heavy (non-hydrogen) atoms. The fourth-order valence-electron chi connectivity index (χ4n) is 3.85. The summed E-state index contributed by atoms with van der Waals surface area (Å²) >= 11 is 6.27. The number of imidazole rings is 1. The zero-order valence-electron chi connectivity index (χ0n) is 17.6. The predicted molar refractivity (Wildman–Crippen MR) is 123 cm³/mol. The molecule has 1 aliphatic heterocycles. The second-order valence-electron chi connectivity index (χ2n) is 7.74. The molecule has 0 spiro atoms. The summed E-state index contributed by atoms with van der Waals surface area (Å²) in [7, 11) is -3.68. The van der Waals surface area contributed by atoms with Gasteiger partial charge < -0.3 is 9.88 Å². The molecule has 1 aromatic heterocycles. The van der Waals surface area contributed by atoms with Gasteiger partial charge in [0.1, 0.15) is 0 Å². The van der Waals surface area contributed by atoms with Crippen LogP contribution in [-0.4, -0.2) is 41.3 Å². The molecule has 1 N–H and O–H groups in total. The molecule has 2 heterocycles. The molecule has 1 amide bonds. The van der Waals surface area contributed by atoms with Gasteiger partial charge in [-0.05, 0) is 42.7 Å². The van der Waals surface area contributed by atoms with E-state index in [4.69, 9.17) is 11.6 Å². The van der Waals surface area contributed by atoms with E-state index in [1.807, 2.05) is 35.0 Å². The lowest BCUT2D eigenvalue weighted by Gasteiger charge is -2.20. The van der Waals surface area contributed by atoms with Gasteiger partial charge in [0, 0.05) is 32.0 Å². The van der Waals surface area contributed by atoms with E-state index in [2.05, 4.69) is 10.3 Å². The number of carbonyl (C=O) groups is 1. The Morgan fingerprint density at radius 2 is 1.81 bits per heavy atom. The van der Waals surface area contributed by atoms with Gasteiger partial charge in [0.25, 0.3) is 5.91 Å². The average molecular weight is 473 g/mol. The van der Waals surface area contributed by atoms with Crippen molar-refractivity contribution in [3.63, 3.8) is 0 Å². The highest BCUT2D eigenvalue weighted by Crippen LogP contribution is 2.25. The molecule has 4 rings (SSSR count). The van der Waals surface area contributed by atoms with Crippen molar-refractivity contribution < 1.29 is 13.2 Å². The number of para-hydroxylation sites is 1. The summed E-state index contributed by atoms with van der Waals surface area (Å²) in [6.45, 7) is 1.25. The van der Waals surface area contributed by atoms with Crippen LogP contribution in [-0.2, 0) is 16.6 Å². The van der Waals surface area contributed by atoms with E-state index in [0.717, 1.165) is 36.9 Å². The first-order valence-electron chi connectivity index (χ1n) is 10.6. The third-order valence-electron chi connectivity index (χ3n) is 5.60. The molecule has 1 saturated heterocycles. The highest BCUT2D eigenvalue weighted by Gasteiger charge is 2.26. The van der Waals surface area contributed by atoms with Crippen molar-refractivity contribution in [2.75, 3.05) is 13.1 Å². The Kier molecular flexibility index (Phi) is 6.93. The molecule has 0 bridgehead atoms. The Hall–Kier alpha value is -2.68. The lowest BCUT2D eigenvalue weighted by Crippen LogP contribution is -2.32. The predicted octanol–water partition coefficient (Wildman–Crippen LogP) is 4.02. The first-order valence-corrected chi connectivity index (χ1v) is 12.4. The van der Waals surface area contributed by atoms with Crippen LogP contribution < -0.4 is 5.32 Å². The Balaban J connectivity index is 1.54. The van der Waals surface area contributed by atoms with Crippen LogP contribution in [0.25, 0.3) is 5.69 Å². The number of hydrogen-bond acceptors (Lipinski definition) is 4. The Labute approximate surface area is 193 Å². The lowest BCUT2D eigenvalue weighted by atomic mass is 10.1. The third-order valence-corrected chi connectivity index (χ3v) is 7.82. The quantitative estimate of drug-likeness (QED) is 0.587. The van der Waals surface area contributed by atoms with Crippen LogP contribution in [0.4, 0.5) is 0 Å². The molecule has 9 heteroatoms. The van der Waals surface area contributed by atoms with Gasteiger partial charge in [-0.1, -0.05) is 42.6 Å². The Bertz CT molecular complexity index is 1190. The van der Waals surface area contributed by atoms with E-state index < -0.39 is 15.9 Å². The van der Waals surface area contributed by atoms with Crippen molar-refractivity contribution >= 4 is 27.5 Å². The normalized spacial score (nSPS) is 15.3. The van der Waals surface area contributed by atoms with Crippen LogP contribution in [0.15, 0.2) is 66.1 Å². The smallest absolute Gasteiger partial charge is 0.253 e. The van der Waals surface area contributed by atoms with Gasteiger partial charge in [-0.2, -0.15) is 4.31 Å². The zero-order valence-corrected chi connectivity index (χ0v) is 19.1. The molecule has 7 nitrogen and oxygen atoms in total. The Morgan fingerprint density at radius 3 is 2.53 bits per heavy atom. The minimum Gasteiger partial charge on any atom is -0.348 e. The molecular weight excluding hydrogens is 448 g/mol. The van der Waals surface area contributed by atoms with Gasteiger partial charge in [0.2, 0.25) is 10.0 Å². The summed E-state index contributed by atoms with van der Waals surface area (Å²) in [5, 5.41) is 3.07. The van der Waals surface area contributed by atoms with E-state index in [0.29, 0.717) is 13.1 Å². The average Bonchev–Trinajstić information content (AvgIpc) is 3.19. The summed E-state index contributed by atoms with van der Waals surface area (Å²) < 4.78 is 29.6. The summed E-state index contributed by atoms with van der Waals surface area (Å²) in [4.78, 5) is 17.1. The molecule has 0 aliphatic carbocycles. The standard InChI is InChI=1S/C23H25ClN4O3S/c24-21-10-9-19(32(30,31)28-12-5-1-2-6-13-28)15-20(21)23(29)26-16-18-7-3-4-8-22(18)27-14-11-25-17-27/h3-4,7-11,14-15,17H,1-2,5-6,12-13,16H2,(H,26,29). The molecule has 1 aliphatic rings. The van der Waals surface area contributed by atoms with Crippen molar-refractivity contribution in [3.8, 4) is 5.69 Å². The minimum atomic E-state index is -3.68. The van der Waals surface area contributed by atoms with Crippen molar-refractivity contribution in [1.29, 1.82) is 0 Å². The maximum atomic E-state index is 13.1. The topological polar surface area (TPSA) is 84.3 Å². The highest BCUT2D eigenvalue weighted by molar-refractivity contribution is 7.89. The molecule has 0 radical (unpaired) electrons. The number of hydrogen-bond donors (Lipinski definition) is 1. The van der Waals surface area contributed by atoms with Gasteiger partial charge in [0.15, 0.2) is 0 Å². The number of aromatic nitrogens is 2. The molecule has 1 fully saturated rings. The minimum absolute atomic E-state index is 0.0905. The monoisotopic (exact) mass is 472 g/mol. The van der Waals surface area contributed by atoms with Crippen LogP contribution in [0.5, 0.6) is 0 Å². The van der Waals surface area contributed by atoms with Crippen molar-refractivity contribution in [2.24, 2.45) is 0 Å². The maximum Gasteiger partial charge on any atom is 0.253 e. The first-order chi connectivity index (χ1) is 15.5. The molecule has 168 valence electrons. The van der Waals surface area contributed by atoms with Gasteiger partial charge in [-0.3, -0.25) is 4.79 Å². The second kappa shape index (κ2) is 9.85. The van der Waals surface area contributed by atoms with E-state index in [9.17, 15) is 13.2 Å². The van der Waals surface area contributed by atoms with Gasteiger partial charge in [-0.25, -0.2) is 13.4 Å². The number of sulfonamides is 1. The fraction of sp³-hybridized carbons (Fsp3) is 0.304. The van der Waals surface area contributed by atoms with Crippen LogP contribution in [0.3, 0.4) is 0 Å². The number of carbonyl (C=O) groups excluding carboxylic acids is 1. The van der Waals surface area contributed by atoms with Crippen molar-refractivity contribution in [2.45, 2.75) is 37.1 Å². The van der Waals surface area contributed by atoms with Gasteiger partial charge in [-0.15, -0.1) is 0 Å². The number of nitrogens with one attached hydrogen (secondary N) is 1. The summed E-state index contributed by atoms with van der Waals surface area (Å²) in [6.07, 6.45) is 8.95. The van der Waals surface area contributed by atoms with Crippen molar-refractivity contribution in [3.05, 3.63) is 77.3 Å². The van der Waals surface area contributed by atoms with E-state index in [-0.39, 0.29) is 22.0 Å². The van der Waals surface area contributed by atoms with E-state index in [1.54, 1.807) is 12.5 Å². The molecule has 0 atom stereocenters. The molecule has 0 saturated carbocycles. The van der Waals surface area contributed by atoms with Crippen LogP contribution in [0, 0.1) is 0 Å². The summed E-state index contributed by atoms with van der Waals surface area (Å²) in [5.74, 6) is -0.427. The number of benzene rings is 2. The van der Waals surface area contributed by atoms with Crippen molar-refractivity contribution in [1.82, 2.24) is 19.2 Å².